The van der Waals surface area contributed by atoms with Crippen LogP contribution in [0, 0.1) is 10.8 Å². The average molecular weight is 343 g/mol. The van der Waals surface area contributed by atoms with Gasteiger partial charge in [-0.25, -0.2) is 0 Å². The van der Waals surface area contributed by atoms with Crippen LogP contribution < -0.4 is 0 Å². The van der Waals surface area contributed by atoms with Crippen molar-refractivity contribution >= 4 is 6.29 Å². The van der Waals surface area contributed by atoms with Crippen LogP contribution in [0.25, 0.3) is 0 Å². The van der Waals surface area contributed by atoms with Crippen LogP contribution >= 0.6 is 0 Å². The molecule has 2 aliphatic rings. The van der Waals surface area contributed by atoms with Crippen LogP contribution in [0.4, 0.5) is 0 Å². The van der Waals surface area contributed by atoms with Gasteiger partial charge in [0, 0.05) is 0 Å². The number of carbonyl (C=O) groups excluding carboxylic acids is 1. The molecular formula is C24H38O. The second-order valence-corrected chi connectivity index (χ2v) is 8.76. The lowest BCUT2D eigenvalue weighted by atomic mass is 9.87. The number of allylic oxidation sites excluding steroid dienone is 10. The highest BCUT2D eigenvalue weighted by molar-refractivity contribution is 5.53. The third kappa shape index (κ3) is 8.34. The molecule has 0 heterocycles. The van der Waals surface area contributed by atoms with Gasteiger partial charge in [-0.1, -0.05) is 77.5 Å². The molecule has 0 unspecified atom stereocenters. The lowest BCUT2D eigenvalue weighted by Gasteiger charge is -2.18. The number of carbonyl (C=O) groups is 1. The molecule has 140 valence electrons. The Morgan fingerprint density at radius 2 is 1.32 bits per heavy atom. The molecule has 0 aromatic rings. The van der Waals surface area contributed by atoms with Gasteiger partial charge >= 0.3 is 0 Å². The maximum atomic E-state index is 8.81. The predicted octanol–water partition coefficient (Wildman–Crippen LogP) is 7.38. The standard InChI is InChI=1S/C12H18.C10H16.C2H4O/c1-6-10-8-11(7-9(10)2)12(3,4)5;1-8-5-6-9(7-8)10(2,3)4;1-2-3/h6-8H,1-5H3;6-7H,5H2,1-4H3;2H,1H3/b10-6-;;. The Hall–Kier alpha value is -1.63. The first-order valence-electron chi connectivity index (χ1n) is 9.21. The van der Waals surface area contributed by atoms with Crippen molar-refractivity contribution in [2.45, 2.75) is 75.7 Å². The summed E-state index contributed by atoms with van der Waals surface area (Å²) in [5, 5.41) is 0. The fraction of sp³-hybridized carbons (Fsp3) is 0.542. The zero-order valence-corrected chi connectivity index (χ0v) is 18.1. The first-order valence-corrected chi connectivity index (χ1v) is 9.21. The molecule has 2 aliphatic carbocycles. The van der Waals surface area contributed by atoms with E-state index in [9.17, 15) is 0 Å². The monoisotopic (exact) mass is 342 g/mol. The maximum absolute atomic E-state index is 8.81. The highest BCUT2D eigenvalue weighted by Gasteiger charge is 2.19. The Kier molecular flexibility index (Phi) is 9.11. The van der Waals surface area contributed by atoms with Crippen LogP contribution in [-0.2, 0) is 4.79 Å². The number of hydrogen-bond donors (Lipinski definition) is 0. The maximum Gasteiger partial charge on any atom is 0.116 e. The van der Waals surface area contributed by atoms with Gasteiger partial charge in [-0.15, -0.1) is 0 Å². The smallest absolute Gasteiger partial charge is 0.116 e. The van der Waals surface area contributed by atoms with Crippen LogP contribution in [0.5, 0.6) is 0 Å². The van der Waals surface area contributed by atoms with Crippen molar-refractivity contribution in [3.05, 3.63) is 58.2 Å². The summed E-state index contributed by atoms with van der Waals surface area (Å²) in [6.07, 6.45) is 13.3. The molecule has 2 rings (SSSR count). The Morgan fingerprint density at radius 1 is 0.840 bits per heavy atom. The summed E-state index contributed by atoms with van der Waals surface area (Å²) >= 11 is 0. The van der Waals surface area contributed by atoms with Crippen molar-refractivity contribution < 1.29 is 4.79 Å². The molecular weight excluding hydrogens is 304 g/mol. The summed E-state index contributed by atoms with van der Waals surface area (Å²) in [7, 11) is 0. The molecule has 25 heavy (non-hydrogen) atoms. The second-order valence-electron chi connectivity index (χ2n) is 8.76. The van der Waals surface area contributed by atoms with Crippen molar-refractivity contribution in [1.29, 1.82) is 0 Å². The minimum absolute atomic E-state index is 0.284. The van der Waals surface area contributed by atoms with E-state index in [1.807, 2.05) is 0 Å². The van der Waals surface area contributed by atoms with E-state index in [0.717, 1.165) is 12.7 Å². The van der Waals surface area contributed by atoms with E-state index in [2.05, 4.69) is 92.7 Å². The molecule has 0 bridgehead atoms. The summed E-state index contributed by atoms with van der Waals surface area (Å²) in [5.41, 5.74) is 7.81. The molecule has 0 amide bonds. The molecule has 0 saturated carbocycles. The van der Waals surface area contributed by atoms with Crippen molar-refractivity contribution in [3.63, 3.8) is 0 Å². The van der Waals surface area contributed by atoms with E-state index in [-0.39, 0.29) is 5.41 Å². The normalized spacial score (nSPS) is 18.2. The quantitative estimate of drug-likeness (QED) is 0.420. The van der Waals surface area contributed by atoms with E-state index < -0.39 is 0 Å². The number of hydrogen-bond acceptors (Lipinski definition) is 1. The summed E-state index contributed by atoms with van der Waals surface area (Å²) in [4.78, 5) is 8.81. The van der Waals surface area contributed by atoms with Crippen LogP contribution in [0.2, 0.25) is 0 Å². The largest absolute Gasteiger partial charge is 0.304 e. The third-order valence-electron chi connectivity index (χ3n) is 4.23. The Bertz CT molecular complexity index is 605. The third-order valence-corrected chi connectivity index (χ3v) is 4.23. The Balaban J connectivity index is 0.000000403. The molecule has 1 heteroatoms. The molecule has 0 N–H and O–H groups in total. The predicted molar refractivity (Wildman–Crippen MR) is 113 cm³/mol. The van der Waals surface area contributed by atoms with E-state index in [1.54, 1.807) is 0 Å². The highest BCUT2D eigenvalue weighted by Crippen LogP contribution is 2.34. The number of aldehydes is 1. The number of rotatable bonds is 0. The fourth-order valence-electron chi connectivity index (χ4n) is 2.56. The van der Waals surface area contributed by atoms with Gasteiger partial charge in [-0.3, -0.25) is 0 Å². The Morgan fingerprint density at radius 3 is 1.52 bits per heavy atom. The topological polar surface area (TPSA) is 17.1 Å². The van der Waals surface area contributed by atoms with Crippen LogP contribution in [0.3, 0.4) is 0 Å². The average Bonchev–Trinajstić information content (AvgIpc) is 3.05. The van der Waals surface area contributed by atoms with Crippen molar-refractivity contribution in [1.82, 2.24) is 0 Å². The van der Waals surface area contributed by atoms with Gasteiger partial charge in [0.2, 0.25) is 0 Å². The van der Waals surface area contributed by atoms with E-state index in [4.69, 9.17) is 4.79 Å². The zero-order chi connectivity index (χ0) is 19.8. The fourth-order valence-corrected chi connectivity index (χ4v) is 2.56. The minimum Gasteiger partial charge on any atom is -0.304 e. The lowest BCUT2D eigenvalue weighted by Crippen LogP contribution is -2.05. The van der Waals surface area contributed by atoms with Gasteiger partial charge in [0.25, 0.3) is 0 Å². The zero-order valence-electron chi connectivity index (χ0n) is 18.1. The van der Waals surface area contributed by atoms with Gasteiger partial charge in [0.1, 0.15) is 6.29 Å². The second kappa shape index (κ2) is 9.75. The van der Waals surface area contributed by atoms with Crippen molar-refractivity contribution in [2.75, 3.05) is 0 Å². The summed E-state index contributed by atoms with van der Waals surface area (Å²) in [6.45, 7) is 21.4. The van der Waals surface area contributed by atoms with Gasteiger partial charge in [0.05, 0.1) is 0 Å². The minimum atomic E-state index is 0.284. The summed E-state index contributed by atoms with van der Waals surface area (Å²) in [5.74, 6) is 0. The molecule has 0 aromatic carbocycles. The summed E-state index contributed by atoms with van der Waals surface area (Å²) < 4.78 is 0. The SMILES string of the molecule is C/C=C1/C=C(C(C)(C)C)C=C1C.CC1=CC(C(C)(C)C)=CC1.CC=O. The van der Waals surface area contributed by atoms with E-state index in [1.165, 1.54) is 34.8 Å². The summed E-state index contributed by atoms with van der Waals surface area (Å²) in [6, 6.07) is 0. The van der Waals surface area contributed by atoms with Crippen molar-refractivity contribution in [3.8, 4) is 0 Å². The molecule has 0 radical (unpaired) electrons. The highest BCUT2D eigenvalue weighted by atomic mass is 16.1. The Labute approximate surface area is 156 Å². The van der Waals surface area contributed by atoms with Crippen LogP contribution in [0.1, 0.15) is 75.7 Å². The van der Waals surface area contributed by atoms with Gasteiger partial charge in [0.15, 0.2) is 0 Å². The first-order chi connectivity index (χ1) is 11.4. The van der Waals surface area contributed by atoms with E-state index in [0.29, 0.717) is 5.41 Å². The van der Waals surface area contributed by atoms with Gasteiger partial charge in [-0.2, -0.15) is 0 Å². The van der Waals surface area contributed by atoms with Crippen LogP contribution in [-0.4, -0.2) is 6.29 Å². The molecule has 0 spiro atoms. The molecule has 0 aromatic heterocycles. The van der Waals surface area contributed by atoms with Gasteiger partial charge in [-0.05, 0) is 67.2 Å². The first kappa shape index (κ1) is 23.4. The van der Waals surface area contributed by atoms with Crippen LogP contribution in [0.15, 0.2) is 58.2 Å². The molecule has 0 aliphatic heterocycles. The van der Waals surface area contributed by atoms with Gasteiger partial charge < -0.3 is 4.79 Å². The lowest BCUT2D eigenvalue weighted by molar-refractivity contribution is -0.106. The van der Waals surface area contributed by atoms with E-state index >= 15 is 0 Å². The van der Waals surface area contributed by atoms with Crippen molar-refractivity contribution in [2.24, 2.45) is 10.8 Å². The molecule has 0 atom stereocenters. The molecule has 0 fully saturated rings. The molecule has 1 nitrogen and oxygen atoms in total. The molecule has 0 saturated heterocycles.